The molecule has 0 bridgehead atoms. The minimum Gasteiger partial charge on any atom is -0.473 e. The van der Waals surface area contributed by atoms with Crippen molar-refractivity contribution in [3.8, 4) is 0 Å². The maximum Gasteiger partial charge on any atom is 0.414 e. The van der Waals surface area contributed by atoms with E-state index in [2.05, 4.69) is 4.90 Å². The number of benzene rings is 1. The van der Waals surface area contributed by atoms with Gasteiger partial charge < -0.3 is 10.2 Å². The van der Waals surface area contributed by atoms with Gasteiger partial charge in [-0.05, 0) is 18.6 Å². The van der Waals surface area contributed by atoms with E-state index >= 15 is 0 Å². The van der Waals surface area contributed by atoms with Gasteiger partial charge in [-0.25, -0.2) is 18.0 Å². The molecule has 10 heteroatoms. The number of hydrogen-bond donors (Lipinski definition) is 2. The molecule has 1 saturated heterocycles. The van der Waals surface area contributed by atoms with Crippen LogP contribution in [0.4, 0.5) is 0 Å². The van der Waals surface area contributed by atoms with Gasteiger partial charge in [0, 0.05) is 37.7 Å². The van der Waals surface area contributed by atoms with Gasteiger partial charge >= 0.3 is 11.9 Å². The molecule has 0 aliphatic carbocycles. The van der Waals surface area contributed by atoms with Crippen molar-refractivity contribution in [3.63, 3.8) is 0 Å². The van der Waals surface area contributed by atoms with Crippen LogP contribution in [-0.4, -0.2) is 71.7 Å². The van der Waals surface area contributed by atoms with Crippen LogP contribution in [0.3, 0.4) is 0 Å². The molecule has 1 aliphatic rings. The van der Waals surface area contributed by atoms with Crippen LogP contribution in [0.2, 0.25) is 5.02 Å². The summed E-state index contributed by atoms with van der Waals surface area (Å²) < 4.78 is 25.1. The van der Waals surface area contributed by atoms with Gasteiger partial charge in [0.05, 0.1) is 5.75 Å². The molecule has 0 amide bonds. The summed E-state index contributed by atoms with van der Waals surface area (Å²) in [7, 11) is -3.05. The zero-order chi connectivity index (χ0) is 19.0. The van der Waals surface area contributed by atoms with Gasteiger partial charge in [-0.3, -0.25) is 4.90 Å². The number of rotatable bonds is 4. The van der Waals surface area contributed by atoms with E-state index in [9.17, 15) is 8.42 Å². The van der Waals surface area contributed by atoms with Gasteiger partial charge in [0.2, 0.25) is 10.0 Å². The number of hydrogen-bond acceptors (Lipinski definition) is 5. The third-order valence-corrected chi connectivity index (χ3v) is 5.87. The molecule has 1 aromatic carbocycles. The van der Waals surface area contributed by atoms with Crippen LogP contribution in [0.15, 0.2) is 24.3 Å². The average molecular weight is 393 g/mol. The number of carboxylic acid groups (broad SMARTS) is 2. The summed E-state index contributed by atoms with van der Waals surface area (Å²) in [4.78, 5) is 20.4. The number of piperazine rings is 1. The van der Waals surface area contributed by atoms with Crippen LogP contribution in [0.1, 0.15) is 12.5 Å². The Bertz CT molecular complexity index is 690. The van der Waals surface area contributed by atoms with E-state index < -0.39 is 22.0 Å². The highest BCUT2D eigenvalue weighted by Crippen LogP contribution is 2.18. The van der Waals surface area contributed by atoms with Gasteiger partial charge in [0.15, 0.2) is 0 Å². The van der Waals surface area contributed by atoms with Crippen molar-refractivity contribution in [2.45, 2.75) is 13.5 Å². The van der Waals surface area contributed by atoms with Crippen LogP contribution in [0.5, 0.6) is 0 Å². The monoisotopic (exact) mass is 392 g/mol. The van der Waals surface area contributed by atoms with Crippen LogP contribution < -0.4 is 0 Å². The zero-order valence-corrected chi connectivity index (χ0v) is 15.3. The summed E-state index contributed by atoms with van der Waals surface area (Å²) in [5, 5.41) is 15.6. The fourth-order valence-corrected chi connectivity index (χ4v) is 3.50. The molecule has 140 valence electrons. The second kappa shape index (κ2) is 9.71. The molecule has 8 nitrogen and oxygen atoms in total. The van der Waals surface area contributed by atoms with E-state index in [1.165, 1.54) is 0 Å². The Balaban J connectivity index is 0.000000450. The fourth-order valence-electron chi connectivity index (χ4n) is 2.22. The van der Waals surface area contributed by atoms with Crippen molar-refractivity contribution in [1.82, 2.24) is 9.21 Å². The van der Waals surface area contributed by atoms with Gasteiger partial charge in [-0.2, -0.15) is 4.31 Å². The number of sulfonamides is 1. The third-order valence-electron chi connectivity index (χ3n) is 3.62. The molecule has 0 aromatic heterocycles. The molecule has 0 atom stereocenters. The lowest BCUT2D eigenvalue weighted by molar-refractivity contribution is -0.159. The van der Waals surface area contributed by atoms with E-state index in [1.807, 2.05) is 24.3 Å². The second-order valence-electron chi connectivity index (χ2n) is 5.28. The highest BCUT2D eigenvalue weighted by molar-refractivity contribution is 7.89. The van der Waals surface area contributed by atoms with Gasteiger partial charge in [0.25, 0.3) is 0 Å². The Morgan fingerprint density at radius 2 is 1.60 bits per heavy atom. The first-order chi connectivity index (χ1) is 11.7. The first kappa shape index (κ1) is 21.4. The summed E-state index contributed by atoms with van der Waals surface area (Å²) in [6.07, 6.45) is 0. The highest BCUT2D eigenvalue weighted by Gasteiger charge is 2.25. The van der Waals surface area contributed by atoms with E-state index in [-0.39, 0.29) is 5.75 Å². The maximum atomic E-state index is 11.8. The number of aliphatic carboxylic acids is 2. The SMILES string of the molecule is CCS(=O)(=O)N1CCN(Cc2ccccc2Cl)CC1.O=C(O)C(=O)O. The summed E-state index contributed by atoms with van der Waals surface area (Å²) >= 11 is 6.13. The van der Waals surface area contributed by atoms with Crippen molar-refractivity contribution in [2.24, 2.45) is 0 Å². The van der Waals surface area contributed by atoms with Gasteiger partial charge in [-0.15, -0.1) is 0 Å². The number of nitrogens with zero attached hydrogens (tertiary/aromatic N) is 2. The quantitative estimate of drug-likeness (QED) is 0.733. The Morgan fingerprint density at radius 3 is 2.04 bits per heavy atom. The highest BCUT2D eigenvalue weighted by atomic mass is 35.5. The van der Waals surface area contributed by atoms with Crippen LogP contribution in [0, 0.1) is 0 Å². The second-order valence-corrected chi connectivity index (χ2v) is 7.94. The van der Waals surface area contributed by atoms with E-state index in [4.69, 9.17) is 31.4 Å². The first-order valence-corrected chi connectivity index (χ1v) is 9.56. The maximum absolute atomic E-state index is 11.8. The zero-order valence-electron chi connectivity index (χ0n) is 13.8. The van der Waals surface area contributed by atoms with Crippen molar-refractivity contribution >= 4 is 33.6 Å². The summed E-state index contributed by atoms with van der Waals surface area (Å²) in [5.74, 6) is -3.47. The molecule has 1 heterocycles. The number of carboxylic acids is 2. The van der Waals surface area contributed by atoms with E-state index in [0.29, 0.717) is 13.1 Å². The molecular formula is C15H21ClN2O6S. The number of halogens is 1. The summed E-state index contributed by atoms with van der Waals surface area (Å²) in [6.45, 7) is 5.11. The lowest BCUT2D eigenvalue weighted by atomic mass is 10.2. The molecular weight excluding hydrogens is 372 g/mol. The van der Waals surface area contributed by atoms with E-state index in [1.54, 1.807) is 11.2 Å². The van der Waals surface area contributed by atoms with Crippen molar-refractivity contribution < 1.29 is 28.2 Å². The summed E-state index contributed by atoms with van der Waals surface area (Å²) in [5.41, 5.74) is 1.09. The molecule has 0 radical (unpaired) electrons. The van der Waals surface area contributed by atoms with Crippen molar-refractivity contribution in [1.29, 1.82) is 0 Å². The van der Waals surface area contributed by atoms with Crippen LogP contribution in [0.25, 0.3) is 0 Å². The number of carbonyl (C=O) groups is 2. The normalized spacial score (nSPS) is 15.9. The van der Waals surface area contributed by atoms with Crippen LogP contribution >= 0.6 is 11.6 Å². The molecule has 0 unspecified atom stereocenters. The molecule has 25 heavy (non-hydrogen) atoms. The lowest BCUT2D eigenvalue weighted by Gasteiger charge is -2.33. The Morgan fingerprint density at radius 1 is 1.08 bits per heavy atom. The fraction of sp³-hybridized carbons (Fsp3) is 0.467. The Labute approximate surface area is 151 Å². The molecule has 0 spiro atoms. The van der Waals surface area contributed by atoms with Crippen molar-refractivity contribution in [3.05, 3.63) is 34.9 Å². The molecule has 2 N–H and O–H groups in total. The smallest absolute Gasteiger partial charge is 0.414 e. The van der Waals surface area contributed by atoms with E-state index in [0.717, 1.165) is 30.2 Å². The minimum atomic E-state index is -3.05. The predicted octanol–water partition coefficient (Wildman–Crippen LogP) is 0.963. The van der Waals surface area contributed by atoms with Crippen molar-refractivity contribution in [2.75, 3.05) is 31.9 Å². The largest absolute Gasteiger partial charge is 0.473 e. The van der Waals surface area contributed by atoms with Crippen LogP contribution in [-0.2, 0) is 26.2 Å². The Hall–Kier alpha value is -1.68. The first-order valence-electron chi connectivity index (χ1n) is 7.57. The van der Waals surface area contributed by atoms with Gasteiger partial charge in [-0.1, -0.05) is 29.8 Å². The predicted molar refractivity (Wildman–Crippen MR) is 93.0 cm³/mol. The molecule has 2 rings (SSSR count). The molecule has 1 aliphatic heterocycles. The Kier molecular flexibility index (Phi) is 8.30. The molecule has 1 aromatic rings. The standard InChI is InChI=1S/C13H19ClN2O2S.C2H2O4/c1-2-19(17,18)16-9-7-15(8-10-16)11-12-5-3-4-6-13(12)14;3-1(4)2(5)6/h3-6H,2,7-11H2,1H3;(H,3,4)(H,5,6). The molecule has 1 fully saturated rings. The van der Waals surface area contributed by atoms with Gasteiger partial charge in [0.1, 0.15) is 0 Å². The topological polar surface area (TPSA) is 115 Å². The minimum absolute atomic E-state index is 0.178. The lowest BCUT2D eigenvalue weighted by Crippen LogP contribution is -2.48. The third kappa shape index (κ3) is 6.99. The average Bonchev–Trinajstić information content (AvgIpc) is 2.58. The summed E-state index contributed by atoms with van der Waals surface area (Å²) in [6, 6.07) is 7.78. The molecule has 0 saturated carbocycles.